The summed E-state index contributed by atoms with van der Waals surface area (Å²) < 4.78 is 6.08. The first-order valence-electron chi connectivity index (χ1n) is 7.38. The highest BCUT2D eigenvalue weighted by Gasteiger charge is 2.44. The van der Waals surface area contributed by atoms with E-state index in [1.807, 2.05) is 54.6 Å². The minimum absolute atomic E-state index is 0.0200. The van der Waals surface area contributed by atoms with Crippen LogP contribution in [0, 0.1) is 0 Å². The first-order valence-corrected chi connectivity index (χ1v) is 7.79. The van der Waals surface area contributed by atoms with E-state index < -0.39 is 5.60 Å². The number of carbonyl (C=O) groups is 1. The van der Waals surface area contributed by atoms with Gasteiger partial charge in [-0.2, -0.15) is 0 Å². The maximum Gasteiger partial charge on any atom is 0.262 e. The third kappa shape index (κ3) is 2.80. The first kappa shape index (κ1) is 15.5. The van der Waals surface area contributed by atoms with Crippen molar-refractivity contribution in [3.8, 4) is 0 Å². The maximum absolute atomic E-state index is 12.5. The van der Waals surface area contributed by atoms with Crippen molar-refractivity contribution in [3.05, 3.63) is 65.7 Å². The fourth-order valence-electron chi connectivity index (χ4n) is 2.82. The van der Waals surface area contributed by atoms with Gasteiger partial charge in [0.05, 0.1) is 6.42 Å². The molecule has 1 unspecified atom stereocenters. The van der Waals surface area contributed by atoms with Crippen molar-refractivity contribution in [1.29, 1.82) is 0 Å². The summed E-state index contributed by atoms with van der Waals surface area (Å²) in [5, 5.41) is 3.35. The number of nitrogens with one attached hydrogen (secondary N) is 1. The molecule has 1 amide bonds. The lowest BCUT2D eigenvalue weighted by Gasteiger charge is -2.40. The van der Waals surface area contributed by atoms with Gasteiger partial charge < -0.3 is 15.0 Å². The molecule has 3 rings (SSSR count). The van der Waals surface area contributed by atoms with Gasteiger partial charge in [-0.05, 0) is 18.3 Å². The molecule has 23 heavy (non-hydrogen) atoms. The van der Waals surface area contributed by atoms with Crippen LogP contribution in [0.3, 0.4) is 0 Å². The normalized spacial score (nSPS) is 19.3. The molecule has 0 spiro atoms. The van der Waals surface area contributed by atoms with E-state index in [9.17, 15) is 4.79 Å². The Morgan fingerprint density at radius 3 is 2.48 bits per heavy atom. The molecule has 118 valence electrons. The molecule has 1 aliphatic rings. The molecule has 1 atom stereocenters. The third-order valence-electron chi connectivity index (χ3n) is 4.00. The average molecular weight is 326 g/mol. The molecule has 0 saturated carbocycles. The SMILES string of the molecule is CN(C)C(=O)CC1(c2ccccc2)OC(=S)Nc2ccccc21. The summed E-state index contributed by atoms with van der Waals surface area (Å²) in [7, 11) is 3.48. The lowest BCUT2D eigenvalue weighted by atomic mass is 9.81. The Balaban J connectivity index is 2.20. The number of rotatable bonds is 3. The Bertz CT molecular complexity index is 746. The van der Waals surface area contributed by atoms with Crippen molar-refractivity contribution in [2.24, 2.45) is 0 Å². The van der Waals surface area contributed by atoms with Crippen LogP contribution < -0.4 is 5.32 Å². The number of ether oxygens (including phenoxy) is 1. The zero-order valence-electron chi connectivity index (χ0n) is 13.1. The maximum atomic E-state index is 12.5. The van der Waals surface area contributed by atoms with Gasteiger partial charge in [0.1, 0.15) is 0 Å². The number of benzene rings is 2. The zero-order valence-corrected chi connectivity index (χ0v) is 13.9. The van der Waals surface area contributed by atoms with E-state index >= 15 is 0 Å². The summed E-state index contributed by atoms with van der Waals surface area (Å²) in [5.41, 5.74) is 1.78. The molecule has 5 heteroatoms. The van der Waals surface area contributed by atoms with Crippen LogP contribution in [0.5, 0.6) is 0 Å². The number of carbonyl (C=O) groups excluding carboxylic acids is 1. The molecule has 2 aromatic carbocycles. The van der Waals surface area contributed by atoms with Crippen molar-refractivity contribution in [1.82, 2.24) is 4.90 Å². The highest BCUT2D eigenvalue weighted by molar-refractivity contribution is 7.80. The van der Waals surface area contributed by atoms with Gasteiger partial charge in [-0.15, -0.1) is 0 Å². The minimum atomic E-state index is -0.915. The molecule has 4 nitrogen and oxygen atoms in total. The van der Waals surface area contributed by atoms with Crippen LogP contribution in [0.1, 0.15) is 17.5 Å². The predicted octanol–water partition coefficient (Wildman–Crippen LogP) is 3.14. The molecule has 0 aliphatic carbocycles. The number of para-hydroxylation sites is 1. The lowest BCUT2D eigenvalue weighted by molar-refractivity contribution is -0.132. The van der Waals surface area contributed by atoms with Crippen molar-refractivity contribution in [2.45, 2.75) is 12.0 Å². The van der Waals surface area contributed by atoms with E-state index in [0.29, 0.717) is 0 Å². The fourth-order valence-corrected chi connectivity index (χ4v) is 3.07. The van der Waals surface area contributed by atoms with E-state index in [0.717, 1.165) is 16.8 Å². The lowest BCUT2D eigenvalue weighted by Crippen LogP contribution is -2.43. The Labute approximate surface area is 141 Å². The Morgan fingerprint density at radius 2 is 1.78 bits per heavy atom. The molecular weight excluding hydrogens is 308 g/mol. The number of hydrogen-bond donors (Lipinski definition) is 1. The van der Waals surface area contributed by atoms with Crippen LogP contribution >= 0.6 is 12.2 Å². The Hall–Kier alpha value is -2.40. The fraction of sp³-hybridized carbons (Fsp3) is 0.222. The molecule has 2 aromatic rings. The van der Waals surface area contributed by atoms with Gasteiger partial charge in [-0.1, -0.05) is 48.5 Å². The largest absolute Gasteiger partial charge is 0.454 e. The van der Waals surface area contributed by atoms with Crippen LogP contribution in [0.4, 0.5) is 5.69 Å². The van der Waals surface area contributed by atoms with Crippen LogP contribution in [-0.2, 0) is 15.1 Å². The van der Waals surface area contributed by atoms with Crippen LogP contribution in [0.25, 0.3) is 0 Å². The molecule has 1 aliphatic heterocycles. The van der Waals surface area contributed by atoms with E-state index in [-0.39, 0.29) is 17.5 Å². The van der Waals surface area contributed by atoms with Crippen molar-refractivity contribution in [2.75, 3.05) is 19.4 Å². The van der Waals surface area contributed by atoms with Crippen LogP contribution in [-0.4, -0.2) is 30.1 Å². The van der Waals surface area contributed by atoms with Crippen molar-refractivity contribution >= 4 is 29.0 Å². The summed E-state index contributed by atoms with van der Waals surface area (Å²) in [6.45, 7) is 0. The van der Waals surface area contributed by atoms with E-state index in [4.69, 9.17) is 17.0 Å². The zero-order chi connectivity index (χ0) is 16.4. The average Bonchev–Trinajstić information content (AvgIpc) is 2.55. The van der Waals surface area contributed by atoms with Crippen LogP contribution in [0.15, 0.2) is 54.6 Å². The topological polar surface area (TPSA) is 41.6 Å². The minimum Gasteiger partial charge on any atom is -0.454 e. The van der Waals surface area contributed by atoms with Gasteiger partial charge in [-0.25, -0.2) is 0 Å². The van der Waals surface area contributed by atoms with E-state index in [2.05, 4.69) is 5.32 Å². The van der Waals surface area contributed by atoms with Crippen molar-refractivity contribution < 1.29 is 9.53 Å². The molecule has 0 bridgehead atoms. The van der Waals surface area contributed by atoms with Gasteiger partial charge in [-0.3, -0.25) is 4.79 Å². The van der Waals surface area contributed by atoms with Gasteiger partial charge in [0.15, 0.2) is 5.60 Å². The smallest absolute Gasteiger partial charge is 0.262 e. The second-order valence-corrected chi connectivity index (χ2v) is 6.09. The first-order chi connectivity index (χ1) is 11.0. The Morgan fingerprint density at radius 1 is 1.13 bits per heavy atom. The third-order valence-corrected chi connectivity index (χ3v) is 4.19. The molecular formula is C18H18N2O2S. The second-order valence-electron chi connectivity index (χ2n) is 5.72. The monoisotopic (exact) mass is 326 g/mol. The summed E-state index contributed by atoms with van der Waals surface area (Å²) >= 11 is 5.29. The summed E-state index contributed by atoms with van der Waals surface area (Å²) in [5.74, 6) is -0.0200. The number of fused-ring (bicyclic) bond motifs is 1. The van der Waals surface area contributed by atoms with E-state index in [1.54, 1.807) is 19.0 Å². The van der Waals surface area contributed by atoms with Gasteiger partial charge in [0.2, 0.25) is 5.91 Å². The van der Waals surface area contributed by atoms with Crippen molar-refractivity contribution in [3.63, 3.8) is 0 Å². The summed E-state index contributed by atoms with van der Waals surface area (Å²) in [6.07, 6.45) is 0.183. The Kier molecular flexibility index (Phi) is 4.05. The molecule has 1 heterocycles. The summed E-state index contributed by atoms with van der Waals surface area (Å²) in [4.78, 5) is 14.1. The highest BCUT2D eigenvalue weighted by atomic mass is 32.1. The van der Waals surface area contributed by atoms with Gasteiger partial charge in [0.25, 0.3) is 5.17 Å². The summed E-state index contributed by atoms with van der Waals surface area (Å²) in [6, 6.07) is 17.5. The molecule has 0 saturated heterocycles. The molecule has 0 aromatic heterocycles. The molecule has 0 radical (unpaired) electrons. The number of anilines is 1. The van der Waals surface area contributed by atoms with E-state index in [1.165, 1.54) is 0 Å². The predicted molar refractivity (Wildman–Crippen MR) is 94.3 cm³/mol. The number of nitrogens with zero attached hydrogens (tertiary/aromatic N) is 1. The second kappa shape index (κ2) is 6.01. The molecule has 1 N–H and O–H groups in total. The molecule has 0 fully saturated rings. The highest BCUT2D eigenvalue weighted by Crippen LogP contribution is 2.44. The van der Waals surface area contributed by atoms with Crippen LogP contribution in [0.2, 0.25) is 0 Å². The van der Waals surface area contributed by atoms with Gasteiger partial charge in [0, 0.05) is 30.9 Å². The standard InChI is InChI=1S/C18H18N2O2S/c1-20(2)16(21)12-18(13-8-4-3-5-9-13)14-10-6-7-11-15(14)19-17(23)22-18/h3-11H,12H2,1-2H3,(H,19,23). The number of hydrogen-bond acceptors (Lipinski definition) is 3. The van der Waals surface area contributed by atoms with Gasteiger partial charge >= 0.3 is 0 Å². The number of thiocarbonyl (C=S) groups is 1. The number of amides is 1. The quantitative estimate of drug-likeness (QED) is 0.880.